The Labute approximate surface area is 123 Å². The van der Waals surface area contributed by atoms with Crippen LogP contribution in [-0.2, 0) is 10.2 Å². The lowest BCUT2D eigenvalue weighted by molar-refractivity contribution is 0.195. The summed E-state index contributed by atoms with van der Waals surface area (Å²) in [6.45, 7) is 9.21. The first-order chi connectivity index (χ1) is 9.63. The zero-order valence-corrected chi connectivity index (χ0v) is 13.6. The first-order valence-corrected chi connectivity index (χ1v) is 7.48. The summed E-state index contributed by atoms with van der Waals surface area (Å²) in [7, 11) is 3.47. The van der Waals surface area contributed by atoms with Gasteiger partial charge in [-0.2, -0.15) is 0 Å². The second kappa shape index (κ2) is 8.28. The van der Waals surface area contributed by atoms with Crippen molar-refractivity contribution in [3.8, 4) is 5.75 Å². The number of methoxy groups -OCH3 is 2. The lowest BCUT2D eigenvalue weighted by Gasteiger charge is -2.33. The highest BCUT2D eigenvalue weighted by Gasteiger charge is 2.28. The van der Waals surface area contributed by atoms with Gasteiger partial charge in [0.05, 0.1) is 13.7 Å². The van der Waals surface area contributed by atoms with Gasteiger partial charge in [-0.3, -0.25) is 0 Å². The fourth-order valence-corrected chi connectivity index (χ4v) is 2.66. The smallest absolute Gasteiger partial charge is 0.122 e. The van der Waals surface area contributed by atoms with Crippen molar-refractivity contribution in [2.24, 2.45) is 0 Å². The molecule has 0 radical (unpaired) electrons. The maximum atomic E-state index is 5.47. The molecule has 0 atom stereocenters. The molecule has 0 aliphatic carbocycles. The average molecular weight is 279 g/mol. The number of hydrogen-bond donors (Lipinski definition) is 1. The van der Waals surface area contributed by atoms with Crippen molar-refractivity contribution in [3.63, 3.8) is 0 Å². The Kier molecular flexibility index (Phi) is 7.03. The van der Waals surface area contributed by atoms with Crippen LogP contribution in [0, 0.1) is 6.92 Å². The maximum Gasteiger partial charge on any atom is 0.122 e. The monoisotopic (exact) mass is 279 g/mol. The van der Waals surface area contributed by atoms with Crippen LogP contribution in [0.5, 0.6) is 5.75 Å². The summed E-state index contributed by atoms with van der Waals surface area (Å²) in [5.74, 6) is 0.977. The molecule has 0 amide bonds. The molecular weight excluding hydrogens is 250 g/mol. The minimum atomic E-state index is 0.161. The number of aryl methyl sites for hydroxylation is 1. The van der Waals surface area contributed by atoms with Gasteiger partial charge in [-0.25, -0.2) is 0 Å². The first-order valence-electron chi connectivity index (χ1n) is 7.48. The highest BCUT2D eigenvalue weighted by molar-refractivity contribution is 5.40. The van der Waals surface area contributed by atoms with Crippen LogP contribution in [0.25, 0.3) is 0 Å². The van der Waals surface area contributed by atoms with E-state index in [4.69, 9.17) is 9.47 Å². The van der Waals surface area contributed by atoms with Crippen LogP contribution in [0.3, 0.4) is 0 Å². The molecule has 1 rings (SSSR count). The fourth-order valence-electron chi connectivity index (χ4n) is 2.66. The summed E-state index contributed by atoms with van der Waals surface area (Å²) < 4.78 is 10.6. The third-order valence-electron chi connectivity index (χ3n) is 4.32. The van der Waals surface area contributed by atoms with Gasteiger partial charge in [0, 0.05) is 25.6 Å². The molecule has 0 aliphatic heterocycles. The molecule has 20 heavy (non-hydrogen) atoms. The number of hydrogen-bond acceptors (Lipinski definition) is 3. The molecule has 3 nitrogen and oxygen atoms in total. The van der Waals surface area contributed by atoms with Gasteiger partial charge in [-0.15, -0.1) is 0 Å². The van der Waals surface area contributed by atoms with E-state index in [9.17, 15) is 0 Å². The second-order valence-corrected chi connectivity index (χ2v) is 5.34. The SMILES string of the molecule is CCC(CC)(CNCCOC)c1ccc(C)c(OC)c1. The third kappa shape index (κ3) is 3.97. The van der Waals surface area contributed by atoms with Gasteiger partial charge in [0.1, 0.15) is 5.75 Å². The second-order valence-electron chi connectivity index (χ2n) is 5.34. The van der Waals surface area contributed by atoms with Crippen molar-refractivity contribution in [1.29, 1.82) is 0 Å². The van der Waals surface area contributed by atoms with E-state index in [0.29, 0.717) is 0 Å². The number of rotatable bonds is 9. The summed E-state index contributed by atoms with van der Waals surface area (Å²) in [4.78, 5) is 0. The molecule has 0 aromatic heterocycles. The van der Waals surface area contributed by atoms with Crippen LogP contribution in [0.2, 0.25) is 0 Å². The van der Waals surface area contributed by atoms with E-state index in [1.54, 1.807) is 14.2 Å². The zero-order chi connectivity index (χ0) is 15.0. The Hall–Kier alpha value is -1.06. The van der Waals surface area contributed by atoms with Crippen LogP contribution >= 0.6 is 0 Å². The Morgan fingerprint density at radius 2 is 1.85 bits per heavy atom. The molecule has 0 fully saturated rings. The normalized spacial score (nSPS) is 11.7. The van der Waals surface area contributed by atoms with Crippen molar-refractivity contribution in [1.82, 2.24) is 5.32 Å². The molecule has 0 heterocycles. The quantitative estimate of drug-likeness (QED) is 0.704. The summed E-state index contributed by atoms with van der Waals surface area (Å²) >= 11 is 0. The molecule has 0 saturated heterocycles. The van der Waals surface area contributed by atoms with Crippen LogP contribution < -0.4 is 10.1 Å². The largest absolute Gasteiger partial charge is 0.496 e. The van der Waals surface area contributed by atoms with E-state index >= 15 is 0 Å². The van der Waals surface area contributed by atoms with E-state index in [0.717, 1.165) is 38.3 Å². The van der Waals surface area contributed by atoms with Crippen molar-refractivity contribution in [2.45, 2.75) is 39.0 Å². The topological polar surface area (TPSA) is 30.5 Å². The molecule has 0 saturated carbocycles. The predicted molar refractivity (Wildman–Crippen MR) is 84.7 cm³/mol. The predicted octanol–water partition coefficient (Wildman–Crippen LogP) is 3.30. The first kappa shape index (κ1) is 17.0. The summed E-state index contributed by atoms with van der Waals surface area (Å²) in [6, 6.07) is 6.59. The molecule has 0 aliphatic rings. The third-order valence-corrected chi connectivity index (χ3v) is 4.32. The van der Waals surface area contributed by atoms with Crippen LogP contribution in [-0.4, -0.2) is 33.9 Å². The maximum absolute atomic E-state index is 5.47. The number of ether oxygens (including phenoxy) is 2. The van der Waals surface area contributed by atoms with E-state index in [-0.39, 0.29) is 5.41 Å². The van der Waals surface area contributed by atoms with E-state index < -0.39 is 0 Å². The van der Waals surface area contributed by atoms with Crippen LogP contribution in [0.15, 0.2) is 18.2 Å². The van der Waals surface area contributed by atoms with Gasteiger partial charge in [0.25, 0.3) is 0 Å². The van der Waals surface area contributed by atoms with Gasteiger partial charge in [0.2, 0.25) is 0 Å². The van der Waals surface area contributed by atoms with Crippen LogP contribution in [0.4, 0.5) is 0 Å². The average Bonchev–Trinajstić information content (AvgIpc) is 2.49. The number of nitrogens with one attached hydrogen (secondary N) is 1. The molecule has 0 bridgehead atoms. The molecule has 1 N–H and O–H groups in total. The molecular formula is C17H29NO2. The minimum absolute atomic E-state index is 0.161. The van der Waals surface area contributed by atoms with E-state index in [2.05, 4.69) is 44.3 Å². The fraction of sp³-hybridized carbons (Fsp3) is 0.647. The highest BCUT2D eigenvalue weighted by atomic mass is 16.5. The zero-order valence-electron chi connectivity index (χ0n) is 13.6. The summed E-state index contributed by atoms with van der Waals surface area (Å²) in [5.41, 5.74) is 2.70. The van der Waals surface area contributed by atoms with Crippen molar-refractivity contribution >= 4 is 0 Å². The molecule has 114 valence electrons. The Balaban J connectivity index is 2.93. The Bertz CT molecular complexity index is 400. The van der Waals surface area contributed by atoms with Gasteiger partial charge in [0.15, 0.2) is 0 Å². The molecule has 0 unspecified atom stereocenters. The van der Waals surface area contributed by atoms with Crippen molar-refractivity contribution in [3.05, 3.63) is 29.3 Å². The van der Waals surface area contributed by atoms with E-state index in [1.165, 1.54) is 11.1 Å². The highest BCUT2D eigenvalue weighted by Crippen LogP contribution is 2.34. The Morgan fingerprint density at radius 3 is 2.40 bits per heavy atom. The number of benzene rings is 1. The van der Waals surface area contributed by atoms with Gasteiger partial charge in [-0.1, -0.05) is 26.0 Å². The minimum Gasteiger partial charge on any atom is -0.496 e. The lowest BCUT2D eigenvalue weighted by Crippen LogP contribution is -2.38. The standard InChI is InChI=1S/C17H29NO2/c1-6-17(7-2,13-18-10-11-19-4)15-9-8-14(3)16(12-15)20-5/h8-9,12,18H,6-7,10-11,13H2,1-5H3. The van der Waals surface area contributed by atoms with Crippen molar-refractivity contribution < 1.29 is 9.47 Å². The molecule has 3 heteroatoms. The van der Waals surface area contributed by atoms with E-state index in [1.807, 2.05) is 0 Å². The molecule has 0 spiro atoms. The molecule has 1 aromatic rings. The lowest BCUT2D eigenvalue weighted by atomic mass is 9.75. The van der Waals surface area contributed by atoms with Crippen LogP contribution in [0.1, 0.15) is 37.8 Å². The Morgan fingerprint density at radius 1 is 1.15 bits per heavy atom. The van der Waals surface area contributed by atoms with Crippen molar-refractivity contribution in [2.75, 3.05) is 33.9 Å². The van der Waals surface area contributed by atoms with Gasteiger partial charge >= 0.3 is 0 Å². The molecule has 1 aromatic carbocycles. The van der Waals surface area contributed by atoms with Gasteiger partial charge in [-0.05, 0) is 37.0 Å². The van der Waals surface area contributed by atoms with Gasteiger partial charge < -0.3 is 14.8 Å². The summed E-state index contributed by atoms with van der Waals surface area (Å²) in [6.07, 6.45) is 2.21. The summed E-state index contributed by atoms with van der Waals surface area (Å²) in [5, 5.41) is 3.51.